The molecule has 0 saturated heterocycles. The fourth-order valence-corrected chi connectivity index (χ4v) is 1.73. The second kappa shape index (κ2) is 6.57. The number of nitro groups is 1. The van der Waals surface area contributed by atoms with Gasteiger partial charge in [-0.1, -0.05) is 15.9 Å². The number of hydrogen-bond donors (Lipinski definition) is 2. The number of non-ortho nitro benzene ring substituents is 1. The van der Waals surface area contributed by atoms with Crippen LogP contribution in [0.25, 0.3) is 0 Å². The first-order chi connectivity index (χ1) is 7.65. The van der Waals surface area contributed by atoms with Gasteiger partial charge in [-0.15, -0.1) is 0 Å². The lowest BCUT2D eigenvalue weighted by Crippen LogP contribution is -2.15. The molecule has 0 spiro atoms. The number of benzene rings is 1. The van der Waals surface area contributed by atoms with E-state index in [-0.39, 0.29) is 12.3 Å². The quantitative estimate of drug-likeness (QED) is 0.476. The highest BCUT2D eigenvalue weighted by molar-refractivity contribution is 9.10. The number of nitrogens with zero attached hydrogens (tertiary/aromatic N) is 1. The molecule has 88 valence electrons. The highest BCUT2D eigenvalue weighted by atomic mass is 79.9. The predicted molar refractivity (Wildman–Crippen MR) is 64.2 cm³/mol. The highest BCUT2D eigenvalue weighted by Gasteiger charge is 2.08. The van der Waals surface area contributed by atoms with Crippen molar-refractivity contribution < 1.29 is 10.0 Å². The molecule has 0 radical (unpaired) electrons. The van der Waals surface area contributed by atoms with Gasteiger partial charge in [0.15, 0.2) is 0 Å². The third-order valence-electron chi connectivity index (χ3n) is 2.07. The van der Waals surface area contributed by atoms with Crippen LogP contribution in [0.5, 0.6) is 0 Å². The summed E-state index contributed by atoms with van der Waals surface area (Å²) in [5, 5.41) is 22.2. The molecule has 0 atom stereocenters. The molecule has 0 unspecified atom stereocenters. The van der Waals surface area contributed by atoms with Gasteiger partial charge in [0.25, 0.3) is 5.69 Å². The van der Waals surface area contributed by atoms with E-state index in [1.165, 1.54) is 12.1 Å². The molecule has 2 N–H and O–H groups in total. The number of hydrogen-bond acceptors (Lipinski definition) is 4. The third-order valence-corrected chi connectivity index (χ3v) is 2.81. The van der Waals surface area contributed by atoms with Crippen LogP contribution < -0.4 is 5.32 Å². The first-order valence-electron chi connectivity index (χ1n) is 4.89. The van der Waals surface area contributed by atoms with Gasteiger partial charge >= 0.3 is 0 Å². The van der Waals surface area contributed by atoms with E-state index in [9.17, 15) is 10.1 Å². The van der Waals surface area contributed by atoms with Gasteiger partial charge in [0.05, 0.1) is 4.92 Å². The number of nitrogens with one attached hydrogen (secondary N) is 1. The maximum absolute atomic E-state index is 10.5. The Morgan fingerprint density at radius 3 is 2.81 bits per heavy atom. The molecule has 5 nitrogen and oxygen atoms in total. The Bertz CT molecular complexity index is 371. The van der Waals surface area contributed by atoms with E-state index in [1.807, 2.05) is 0 Å². The first-order valence-corrected chi connectivity index (χ1v) is 5.69. The summed E-state index contributed by atoms with van der Waals surface area (Å²) in [5.74, 6) is 0. The second-order valence-corrected chi connectivity index (χ2v) is 4.14. The summed E-state index contributed by atoms with van der Waals surface area (Å²) in [6.07, 6.45) is 0.699. The van der Waals surface area contributed by atoms with E-state index < -0.39 is 4.92 Å². The maximum Gasteiger partial charge on any atom is 0.270 e. The lowest BCUT2D eigenvalue weighted by molar-refractivity contribution is -0.384. The van der Waals surface area contributed by atoms with Crippen molar-refractivity contribution in [2.45, 2.75) is 13.0 Å². The SMILES string of the molecule is O=[N+]([O-])c1ccc(CNCCCO)c(Br)c1. The van der Waals surface area contributed by atoms with Crippen molar-refractivity contribution in [3.8, 4) is 0 Å². The van der Waals surface area contributed by atoms with Crippen molar-refractivity contribution in [3.05, 3.63) is 38.3 Å². The molecule has 0 saturated carbocycles. The van der Waals surface area contributed by atoms with Crippen molar-refractivity contribution in [3.63, 3.8) is 0 Å². The van der Waals surface area contributed by atoms with Gasteiger partial charge < -0.3 is 10.4 Å². The van der Waals surface area contributed by atoms with Gasteiger partial charge in [0, 0.05) is 29.8 Å². The summed E-state index contributed by atoms with van der Waals surface area (Å²) in [6.45, 7) is 1.51. The van der Waals surface area contributed by atoms with E-state index in [0.29, 0.717) is 13.0 Å². The van der Waals surface area contributed by atoms with Gasteiger partial charge in [-0.25, -0.2) is 0 Å². The molecular weight excluding hydrogens is 276 g/mol. The maximum atomic E-state index is 10.5. The summed E-state index contributed by atoms with van der Waals surface area (Å²) >= 11 is 3.29. The molecule has 6 heteroatoms. The second-order valence-electron chi connectivity index (χ2n) is 3.29. The Balaban J connectivity index is 2.57. The summed E-state index contributed by atoms with van der Waals surface area (Å²) in [7, 11) is 0. The van der Waals surface area contributed by atoms with Crippen molar-refractivity contribution >= 4 is 21.6 Å². The molecule has 1 aromatic carbocycles. The molecule has 0 aliphatic rings. The largest absolute Gasteiger partial charge is 0.396 e. The Kier molecular flexibility index (Phi) is 5.37. The number of aliphatic hydroxyl groups excluding tert-OH is 1. The number of halogens is 1. The molecule has 1 aromatic rings. The van der Waals surface area contributed by atoms with Crippen molar-refractivity contribution in [2.75, 3.05) is 13.2 Å². The van der Waals surface area contributed by atoms with Gasteiger partial charge in [-0.3, -0.25) is 10.1 Å². The lowest BCUT2D eigenvalue weighted by atomic mass is 10.2. The fraction of sp³-hybridized carbons (Fsp3) is 0.400. The number of nitro benzene ring substituents is 1. The van der Waals surface area contributed by atoms with E-state index >= 15 is 0 Å². The average Bonchev–Trinajstić information content (AvgIpc) is 2.26. The molecule has 0 heterocycles. The van der Waals surface area contributed by atoms with Gasteiger partial charge in [-0.2, -0.15) is 0 Å². The molecular formula is C10H13BrN2O3. The van der Waals surface area contributed by atoms with Gasteiger partial charge in [-0.05, 0) is 24.6 Å². The highest BCUT2D eigenvalue weighted by Crippen LogP contribution is 2.22. The number of rotatable bonds is 6. The summed E-state index contributed by atoms with van der Waals surface area (Å²) in [6, 6.07) is 4.69. The predicted octanol–water partition coefficient (Wildman–Crippen LogP) is 1.83. The third kappa shape index (κ3) is 3.88. The minimum Gasteiger partial charge on any atom is -0.396 e. The molecule has 1 rings (SSSR count). The number of aliphatic hydroxyl groups is 1. The van der Waals surface area contributed by atoms with Gasteiger partial charge in [0.1, 0.15) is 0 Å². The van der Waals surface area contributed by atoms with Crippen LogP contribution in [0.15, 0.2) is 22.7 Å². The first kappa shape index (κ1) is 13.1. The molecule has 0 aromatic heterocycles. The van der Waals surface area contributed by atoms with Crippen molar-refractivity contribution in [1.29, 1.82) is 0 Å². The standard InChI is InChI=1S/C10H13BrN2O3/c11-10-6-9(13(15)16)3-2-8(10)7-12-4-1-5-14/h2-3,6,12,14H,1,4-5,7H2. The zero-order valence-corrected chi connectivity index (χ0v) is 10.2. The molecule has 0 aliphatic heterocycles. The van der Waals surface area contributed by atoms with Crippen LogP contribution in [-0.4, -0.2) is 23.2 Å². The van der Waals surface area contributed by atoms with Crippen LogP contribution in [0.1, 0.15) is 12.0 Å². The Hall–Kier alpha value is -0.980. The molecule has 16 heavy (non-hydrogen) atoms. The minimum absolute atomic E-state index is 0.0750. The van der Waals surface area contributed by atoms with Crippen LogP contribution in [-0.2, 0) is 6.54 Å². The van der Waals surface area contributed by atoms with E-state index in [1.54, 1.807) is 6.07 Å². The van der Waals surface area contributed by atoms with E-state index in [2.05, 4.69) is 21.2 Å². The summed E-state index contributed by atoms with van der Waals surface area (Å²) < 4.78 is 0.721. The zero-order chi connectivity index (χ0) is 12.0. The van der Waals surface area contributed by atoms with Crippen molar-refractivity contribution in [1.82, 2.24) is 5.32 Å². The van der Waals surface area contributed by atoms with E-state index in [0.717, 1.165) is 16.6 Å². The topological polar surface area (TPSA) is 75.4 Å². The minimum atomic E-state index is -0.423. The Morgan fingerprint density at radius 2 is 2.25 bits per heavy atom. The van der Waals surface area contributed by atoms with Crippen LogP contribution >= 0.6 is 15.9 Å². The van der Waals surface area contributed by atoms with E-state index in [4.69, 9.17) is 5.11 Å². The smallest absolute Gasteiger partial charge is 0.270 e. The Labute approximate surface area is 102 Å². The molecule has 0 fully saturated rings. The molecule has 0 amide bonds. The molecule has 0 aliphatic carbocycles. The van der Waals surface area contributed by atoms with Crippen LogP contribution in [0.3, 0.4) is 0 Å². The normalized spacial score (nSPS) is 10.4. The van der Waals surface area contributed by atoms with Crippen LogP contribution in [0, 0.1) is 10.1 Å². The van der Waals surface area contributed by atoms with Crippen molar-refractivity contribution in [2.24, 2.45) is 0 Å². The monoisotopic (exact) mass is 288 g/mol. The molecule has 0 bridgehead atoms. The zero-order valence-electron chi connectivity index (χ0n) is 8.65. The Morgan fingerprint density at radius 1 is 1.50 bits per heavy atom. The average molecular weight is 289 g/mol. The van der Waals surface area contributed by atoms with Crippen LogP contribution in [0.4, 0.5) is 5.69 Å². The lowest BCUT2D eigenvalue weighted by Gasteiger charge is -2.05. The van der Waals surface area contributed by atoms with Crippen LogP contribution in [0.2, 0.25) is 0 Å². The summed E-state index contributed by atoms with van der Waals surface area (Å²) in [5.41, 5.74) is 1.04. The fourth-order valence-electron chi connectivity index (χ4n) is 1.22. The van der Waals surface area contributed by atoms with Gasteiger partial charge in [0.2, 0.25) is 0 Å². The summed E-state index contributed by atoms with van der Waals surface area (Å²) in [4.78, 5) is 10.1.